The van der Waals surface area contributed by atoms with E-state index in [4.69, 9.17) is 10.8 Å². The lowest BCUT2D eigenvalue weighted by Gasteiger charge is -1.99. The third kappa shape index (κ3) is 1.48. The molecule has 1 heterocycles. The van der Waals surface area contributed by atoms with Gasteiger partial charge in [0.2, 0.25) is 0 Å². The molecule has 0 spiro atoms. The normalized spacial score (nSPS) is 9.55. The Morgan fingerprint density at radius 1 is 1.73 bits per heavy atom. The molecule has 0 fully saturated rings. The number of rotatable bonds is 1. The topological polar surface area (TPSA) is 76.2 Å². The van der Waals surface area contributed by atoms with E-state index in [9.17, 15) is 4.79 Å². The van der Waals surface area contributed by atoms with E-state index in [0.29, 0.717) is 4.47 Å². The minimum Gasteiger partial charge on any atom is -0.476 e. The predicted molar refractivity (Wildman–Crippen MR) is 43.3 cm³/mol. The molecule has 1 aromatic heterocycles. The maximum absolute atomic E-state index is 10.4. The molecule has 0 atom stereocenters. The van der Waals surface area contributed by atoms with E-state index in [1.807, 2.05) is 0 Å². The number of nitrogen functional groups attached to an aromatic ring is 1. The summed E-state index contributed by atoms with van der Waals surface area (Å²) in [5, 5.41) is 8.53. The third-order valence-corrected chi connectivity index (χ3v) is 1.83. The molecule has 1 rings (SSSR count). The Morgan fingerprint density at radius 3 is 2.82 bits per heavy atom. The molecule has 0 bridgehead atoms. The second-order valence-corrected chi connectivity index (χ2v) is 2.71. The number of anilines is 1. The molecule has 0 aromatic carbocycles. The quantitative estimate of drug-likeness (QED) is 0.738. The van der Waals surface area contributed by atoms with Gasteiger partial charge in [0, 0.05) is 10.7 Å². The Kier molecular flexibility index (Phi) is 2.09. The monoisotopic (exact) mass is 216 g/mol. The number of pyridine rings is 1. The van der Waals surface area contributed by atoms with E-state index < -0.39 is 5.97 Å². The van der Waals surface area contributed by atoms with Crippen molar-refractivity contribution in [1.29, 1.82) is 0 Å². The summed E-state index contributed by atoms with van der Waals surface area (Å²) in [4.78, 5) is 14.0. The van der Waals surface area contributed by atoms with Crippen molar-refractivity contribution in [1.82, 2.24) is 4.98 Å². The van der Waals surface area contributed by atoms with Gasteiger partial charge in [-0.15, -0.1) is 0 Å². The lowest BCUT2D eigenvalue weighted by molar-refractivity contribution is 0.0691. The summed E-state index contributed by atoms with van der Waals surface area (Å²) in [6.07, 6.45) is 1.38. The molecule has 0 amide bonds. The molecule has 0 aliphatic carbocycles. The van der Waals surface area contributed by atoms with Gasteiger partial charge in [0.15, 0.2) is 5.69 Å². The van der Waals surface area contributed by atoms with E-state index in [1.165, 1.54) is 6.20 Å². The number of aromatic carboxylic acids is 1. The van der Waals surface area contributed by atoms with Gasteiger partial charge < -0.3 is 10.8 Å². The standard InChI is InChI=1S/C6H5BrN2O2/c7-3-1-2-9-5(4(3)8)6(10)11/h1-2H,8H2,(H,10,11). The molecule has 0 aliphatic heterocycles. The first-order valence-electron chi connectivity index (χ1n) is 2.76. The molecule has 0 saturated carbocycles. The van der Waals surface area contributed by atoms with Gasteiger partial charge in [0.25, 0.3) is 0 Å². The molecule has 11 heavy (non-hydrogen) atoms. The molecular formula is C6H5BrN2O2. The van der Waals surface area contributed by atoms with Crippen LogP contribution in [0, 0.1) is 0 Å². The maximum Gasteiger partial charge on any atom is 0.356 e. The zero-order valence-corrected chi connectivity index (χ0v) is 7.00. The van der Waals surface area contributed by atoms with Crippen LogP contribution < -0.4 is 5.73 Å². The lowest BCUT2D eigenvalue weighted by atomic mass is 10.3. The van der Waals surface area contributed by atoms with Crippen LogP contribution >= 0.6 is 15.9 Å². The van der Waals surface area contributed by atoms with Crippen molar-refractivity contribution >= 4 is 27.6 Å². The molecule has 0 aliphatic rings. The molecule has 0 radical (unpaired) electrons. The number of carboxylic acids is 1. The van der Waals surface area contributed by atoms with Crippen molar-refractivity contribution in [3.05, 3.63) is 22.4 Å². The highest BCUT2D eigenvalue weighted by Crippen LogP contribution is 2.20. The summed E-state index contributed by atoms with van der Waals surface area (Å²) in [7, 11) is 0. The van der Waals surface area contributed by atoms with Crippen LogP contribution in [-0.2, 0) is 0 Å². The summed E-state index contributed by atoms with van der Waals surface area (Å²) in [6.45, 7) is 0. The Morgan fingerprint density at radius 2 is 2.36 bits per heavy atom. The van der Waals surface area contributed by atoms with E-state index in [2.05, 4.69) is 20.9 Å². The SMILES string of the molecule is Nc1c(Br)ccnc1C(=O)O. The Labute approximate surface area is 71.2 Å². The summed E-state index contributed by atoms with van der Waals surface area (Å²) >= 11 is 3.09. The zero-order valence-electron chi connectivity index (χ0n) is 5.41. The van der Waals surface area contributed by atoms with Crippen LogP contribution in [-0.4, -0.2) is 16.1 Å². The minimum absolute atomic E-state index is 0.126. The smallest absolute Gasteiger partial charge is 0.356 e. The summed E-state index contributed by atoms with van der Waals surface area (Å²) in [5.41, 5.74) is 5.42. The van der Waals surface area contributed by atoms with Gasteiger partial charge in [0.1, 0.15) is 0 Å². The summed E-state index contributed by atoms with van der Waals surface area (Å²) in [5.74, 6) is -1.12. The Hall–Kier alpha value is -1.10. The van der Waals surface area contributed by atoms with Crippen molar-refractivity contribution < 1.29 is 9.90 Å². The second-order valence-electron chi connectivity index (χ2n) is 1.86. The highest BCUT2D eigenvalue weighted by molar-refractivity contribution is 9.10. The van der Waals surface area contributed by atoms with E-state index in [1.54, 1.807) is 6.07 Å². The Balaban J connectivity index is 3.27. The van der Waals surface area contributed by atoms with E-state index in [0.717, 1.165) is 0 Å². The van der Waals surface area contributed by atoms with Crippen molar-refractivity contribution in [3.63, 3.8) is 0 Å². The number of carbonyl (C=O) groups is 1. The van der Waals surface area contributed by atoms with Crippen LogP contribution in [0.3, 0.4) is 0 Å². The van der Waals surface area contributed by atoms with E-state index in [-0.39, 0.29) is 11.4 Å². The van der Waals surface area contributed by atoms with Crippen molar-refractivity contribution in [2.24, 2.45) is 0 Å². The summed E-state index contributed by atoms with van der Waals surface area (Å²) in [6, 6.07) is 1.59. The molecule has 3 N–H and O–H groups in total. The largest absolute Gasteiger partial charge is 0.476 e. The van der Waals surface area contributed by atoms with Gasteiger partial charge in [-0.1, -0.05) is 0 Å². The number of nitrogens with zero attached hydrogens (tertiary/aromatic N) is 1. The number of hydrogen-bond acceptors (Lipinski definition) is 3. The fourth-order valence-electron chi connectivity index (χ4n) is 0.620. The van der Waals surface area contributed by atoms with Gasteiger partial charge in [-0.05, 0) is 22.0 Å². The van der Waals surface area contributed by atoms with Gasteiger partial charge in [-0.25, -0.2) is 9.78 Å². The number of hydrogen-bond donors (Lipinski definition) is 2. The van der Waals surface area contributed by atoms with Crippen LogP contribution in [0.5, 0.6) is 0 Å². The fourth-order valence-corrected chi connectivity index (χ4v) is 0.926. The zero-order chi connectivity index (χ0) is 8.43. The van der Waals surface area contributed by atoms with Gasteiger partial charge in [-0.2, -0.15) is 0 Å². The van der Waals surface area contributed by atoms with Crippen LogP contribution in [0.2, 0.25) is 0 Å². The highest BCUT2D eigenvalue weighted by Gasteiger charge is 2.10. The molecule has 4 nitrogen and oxygen atoms in total. The molecular weight excluding hydrogens is 212 g/mol. The van der Waals surface area contributed by atoms with Crippen LogP contribution in [0.25, 0.3) is 0 Å². The molecule has 0 saturated heterocycles. The lowest BCUT2D eigenvalue weighted by Crippen LogP contribution is -2.05. The van der Waals surface area contributed by atoms with Crippen molar-refractivity contribution in [2.75, 3.05) is 5.73 Å². The predicted octanol–water partition coefficient (Wildman–Crippen LogP) is 1.12. The summed E-state index contributed by atoms with van der Waals surface area (Å²) < 4.78 is 0.546. The minimum atomic E-state index is -1.12. The van der Waals surface area contributed by atoms with Crippen LogP contribution in [0.4, 0.5) is 5.69 Å². The molecule has 1 aromatic rings. The third-order valence-electron chi connectivity index (χ3n) is 1.14. The van der Waals surface area contributed by atoms with Gasteiger partial charge in [0.05, 0.1) is 5.69 Å². The van der Waals surface area contributed by atoms with Crippen molar-refractivity contribution in [3.8, 4) is 0 Å². The first kappa shape index (κ1) is 8.00. The van der Waals surface area contributed by atoms with Gasteiger partial charge >= 0.3 is 5.97 Å². The molecule has 58 valence electrons. The average Bonchev–Trinajstić information content (AvgIpc) is 1.94. The van der Waals surface area contributed by atoms with Crippen molar-refractivity contribution in [2.45, 2.75) is 0 Å². The van der Waals surface area contributed by atoms with Gasteiger partial charge in [-0.3, -0.25) is 0 Å². The average molecular weight is 217 g/mol. The first-order chi connectivity index (χ1) is 5.13. The van der Waals surface area contributed by atoms with E-state index >= 15 is 0 Å². The number of aromatic nitrogens is 1. The fraction of sp³-hybridized carbons (Fsp3) is 0. The number of nitrogens with two attached hydrogens (primary N) is 1. The highest BCUT2D eigenvalue weighted by atomic mass is 79.9. The second kappa shape index (κ2) is 2.87. The number of carboxylic acid groups (broad SMARTS) is 1. The Bertz CT molecular complexity index is 301. The maximum atomic E-state index is 10.4. The van der Waals surface area contributed by atoms with Crippen LogP contribution in [0.1, 0.15) is 10.5 Å². The van der Waals surface area contributed by atoms with Crippen LogP contribution in [0.15, 0.2) is 16.7 Å². The molecule has 0 unspecified atom stereocenters. The number of halogens is 1. The first-order valence-corrected chi connectivity index (χ1v) is 3.55. The molecule has 5 heteroatoms.